The summed E-state index contributed by atoms with van der Waals surface area (Å²) in [6, 6.07) is 11.3. The standard InChI is InChI=1S/C16H14N4O4/c1-24-16(23)20-15-18-10-7-6-9(8-12(10)19-15)14(22)17-11-4-2-3-5-13(11)21/h2-8,21H,1H3,(H,17,22)(H2,18,19,20,23). The predicted molar refractivity (Wildman–Crippen MR) is 88.2 cm³/mol. The second-order valence-electron chi connectivity index (χ2n) is 4.91. The topological polar surface area (TPSA) is 116 Å². The van der Waals surface area contributed by atoms with E-state index < -0.39 is 6.09 Å². The first-order chi connectivity index (χ1) is 11.6. The number of benzene rings is 2. The third-order valence-electron chi connectivity index (χ3n) is 3.30. The van der Waals surface area contributed by atoms with Crippen LogP contribution in [0.25, 0.3) is 11.0 Å². The molecule has 0 fully saturated rings. The lowest BCUT2D eigenvalue weighted by Crippen LogP contribution is -2.12. The molecular weight excluding hydrogens is 312 g/mol. The van der Waals surface area contributed by atoms with Gasteiger partial charge in [-0.3, -0.25) is 10.1 Å². The molecule has 0 saturated carbocycles. The molecule has 0 atom stereocenters. The number of fused-ring (bicyclic) bond motifs is 1. The quantitative estimate of drug-likeness (QED) is 0.552. The number of aromatic amines is 1. The number of H-pyrrole nitrogens is 1. The van der Waals surface area contributed by atoms with Gasteiger partial charge >= 0.3 is 6.09 Å². The van der Waals surface area contributed by atoms with Crippen LogP contribution in [0.15, 0.2) is 42.5 Å². The van der Waals surface area contributed by atoms with Gasteiger partial charge in [0.2, 0.25) is 5.95 Å². The van der Waals surface area contributed by atoms with Crippen molar-refractivity contribution in [1.82, 2.24) is 9.97 Å². The number of nitrogens with one attached hydrogen (secondary N) is 3. The number of imidazole rings is 1. The zero-order chi connectivity index (χ0) is 17.1. The number of hydrogen-bond donors (Lipinski definition) is 4. The molecule has 24 heavy (non-hydrogen) atoms. The number of para-hydroxylation sites is 2. The number of carbonyl (C=O) groups is 2. The molecule has 0 aliphatic rings. The molecule has 3 aromatic rings. The van der Waals surface area contributed by atoms with E-state index in [2.05, 4.69) is 25.3 Å². The zero-order valence-corrected chi connectivity index (χ0v) is 12.7. The number of carbonyl (C=O) groups excluding carboxylic acids is 2. The minimum absolute atomic E-state index is 0.0157. The third-order valence-corrected chi connectivity index (χ3v) is 3.30. The summed E-state index contributed by atoms with van der Waals surface area (Å²) in [6.07, 6.45) is -0.647. The van der Waals surface area contributed by atoms with Crippen LogP contribution in [-0.4, -0.2) is 34.2 Å². The number of methoxy groups -OCH3 is 1. The van der Waals surface area contributed by atoms with Crippen molar-refractivity contribution < 1.29 is 19.4 Å². The molecular formula is C16H14N4O4. The first-order valence-corrected chi connectivity index (χ1v) is 7.01. The lowest BCUT2D eigenvalue weighted by molar-refractivity contribution is 0.102. The van der Waals surface area contributed by atoms with Crippen LogP contribution < -0.4 is 10.6 Å². The Bertz CT molecular complexity index is 919. The fraction of sp³-hybridized carbons (Fsp3) is 0.0625. The summed E-state index contributed by atoms with van der Waals surface area (Å²) >= 11 is 0. The monoisotopic (exact) mass is 326 g/mol. The molecule has 8 heteroatoms. The maximum atomic E-state index is 12.3. The van der Waals surface area contributed by atoms with Crippen LogP contribution in [0.2, 0.25) is 0 Å². The molecule has 8 nitrogen and oxygen atoms in total. The molecule has 3 rings (SSSR count). The Morgan fingerprint density at radius 1 is 1.17 bits per heavy atom. The molecule has 2 amide bonds. The van der Waals surface area contributed by atoms with E-state index in [9.17, 15) is 14.7 Å². The molecule has 0 radical (unpaired) electrons. The predicted octanol–water partition coefficient (Wildman–Crippen LogP) is 2.70. The van der Waals surface area contributed by atoms with Crippen molar-refractivity contribution in [3.05, 3.63) is 48.0 Å². The normalized spacial score (nSPS) is 10.4. The van der Waals surface area contributed by atoms with Gasteiger partial charge in [-0.15, -0.1) is 0 Å². The van der Waals surface area contributed by atoms with E-state index in [4.69, 9.17) is 0 Å². The number of anilines is 2. The molecule has 1 heterocycles. The highest BCUT2D eigenvalue weighted by atomic mass is 16.5. The Morgan fingerprint density at radius 2 is 1.96 bits per heavy atom. The van der Waals surface area contributed by atoms with E-state index in [-0.39, 0.29) is 17.6 Å². The number of hydrogen-bond acceptors (Lipinski definition) is 5. The SMILES string of the molecule is COC(=O)Nc1nc2ccc(C(=O)Nc3ccccc3O)cc2[nH]1. The summed E-state index contributed by atoms with van der Waals surface area (Å²) in [5.41, 5.74) is 1.85. The third kappa shape index (κ3) is 3.12. The van der Waals surface area contributed by atoms with Crippen LogP contribution in [0.4, 0.5) is 16.4 Å². The molecule has 0 aliphatic carbocycles. The molecule has 4 N–H and O–H groups in total. The Balaban J connectivity index is 1.83. The second-order valence-corrected chi connectivity index (χ2v) is 4.91. The second kappa shape index (κ2) is 6.29. The van der Waals surface area contributed by atoms with E-state index >= 15 is 0 Å². The number of amides is 2. The molecule has 122 valence electrons. The van der Waals surface area contributed by atoms with Gasteiger partial charge in [0.1, 0.15) is 5.75 Å². The number of nitrogens with zero attached hydrogens (tertiary/aromatic N) is 1. The average Bonchev–Trinajstić information content (AvgIpc) is 2.97. The smallest absolute Gasteiger partial charge is 0.413 e. The molecule has 0 saturated heterocycles. The summed E-state index contributed by atoms with van der Waals surface area (Å²) in [7, 11) is 1.25. The zero-order valence-electron chi connectivity index (χ0n) is 12.7. The highest BCUT2D eigenvalue weighted by Gasteiger charge is 2.12. The van der Waals surface area contributed by atoms with Crippen molar-refractivity contribution in [3.8, 4) is 5.75 Å². The molecule has 0 unspecified atom stereocenters. The number of aromatic nitrogens is 2. The fourth-order valence-corrected chi connectivity index (χ4v) is 2.13. The van der Waals surface area contributed by atoms with E-state index in [1.807, 2.05) is 0 Å². The first-order valence-electron chi connectivity index (χ1n) is 7.01. The van der Waals surface area contributed by atoms with Gasteiger partial charge < -0.3 is 20.1 Å². The van der Waals surface area contributed by atoms with Crippen LogP contribution in [0, 0.1) is 0 Å². The van der Waals surface area contributed by atoms with Crippen LogP contribution in [0.1, 0.15) is 10.4 Å². The number of phenols is 1. The molecule has 0 spiro atoms. The fourth-order valence-electron chi connectivity index (χ4n) is 2.13. The van der Waals surface area contributed by atoms with Crippen LogP contribution in [0.5, 0.6) is 5.75 Å². The van der Waals surface area contributed by atoms with Crippen molar-refractivity contribution in [2.45, 2.75) is 0 Å². The van der Waals surface area contributed by atoms with E-state index in [0.717, 1.165) is 0 Å². The summed E-state index contributed by atoms with van der Waals surface area (Å²) in [5, 5.41) is 14.7. The molecule has 0 aliphatic heterocycles. The number of phenolic OH excluding ortho intramolecular Hbond substituents is 1. The van der Waals surface area contributed by atoms with E-state index in [1.54, 1.807) is 36.4 Å². The summed E-state index contributed by atoms with van der Waals surface area (Å²) in [4.78, 5) is 30.5. The summed E-state index contributed by atoms with van der Waals surface area (Å²) in [6.45, 7) is 0. The Hall–Kier alpha value is -3.55. The Morgan fingerprint density at radius 3 is 2.71 bits per heavy atom. The van der Waals surface area contributed by atoms with E-state index in [0.29, 0.717) is 22.3 Å². The maximum Gasteiger partial charge on any atom is 0.413 e. The van der Waals surface area contributed by atoms with Gasteiger partial charge in [-0.25, -0.2) is 9.78 Å². The van der Waals surface area contributed by atoms with Crippen molar-refractivity contribution in [2.24, 2.45) is 0 Å². The van der Waals surface area contributed by atoms with Crippen LogP contribution >= 0.6 is 0 Å². The molecule has 2 aromatic carbocycles. The number of rotatable bonds is 3. The highest BCUT2D eigenvalue weighted by Crippen LogP contribution is 2.23. The van der Waals surface area contributed by atoms with Gasteiger partial charge in [0.15, 0.2) is 0 Å². The van der Waals surface area contributed by atoms with Crippen LogP contribution in [0.3, 0.4) is 0 Å². The minimum Gasteiger partial charge on any atom is -0.506 e. The maximum absolute atomic E-state index is 12.3. The van der Waals surface area contributed by atoms with E-state index in [1.165, 1.54) is 13.2 Å². The summed E-state index contributed by atoms with van der Waals surface area (Å²) < 4.78 is 4.49. The van der Waals surface area contributed by atoms with Gasteiger partial charge in [-0.2, -0.15) is 0 Å². The highest BCUT2D eigenvalue weighted by molar-refractivity contribution is 6.06. The van der Waals surface area contributed by atoms with Crippen molar-refractivity contribution >= 4 is 34.7 Å². The number of ether oxygens (including phenoxy) is 1. The molecule has 1 aromatic heterocycles. The lowest BCUT2D eigenvalue weighted by atomic mass is 10.2. The Kier molecular flexibility index (Phi) is 4.02. The average molecular weight is 326 g/mol. The first kappa shape index (κ1) is 15.3. The van der Waals surface area contributed by atoms with Gasteiger partial charge in [0.05, 0.1) is 23.8 Å². The van der Waals surface area contributed by atoms with Gasteiger partial charge in [-0.1, -0.05) is 12.1 Å². The number of aromatic hydroxyl groups is 1. The minimum atomic E-state index is -0.647. The Labute approximate surface area is 136 Å². The van der Waals surface area contributed by atoms with Crippen molar-refractivity contribution in [1.29, 1.82) is 0 Å². The van der Waals surface area contributed by atoms with Gasteiger partial charge in [0, 0.05) is 5.56 Å². The largest absolute Gasteiger partial charge is 0.506 e. The summed E-state index contributed by atoms with van der Waals surface area (Å²) in [5.74, 6) is -0.177. The van der Waals surface area contributed by atoms with Gasteiger partial charge in [0.25, 0.3) is 5.91 Å². The van der Waals surface area contributed by atoms with Crippen molar-refractivity contribution in [3.63, 3.8) is 0 Å². The van der Waals surface area contributed by atoms with Crippen molar-refractivity contribution in [2.75, 3.05) is 17.7 Å². The van der Waals surface area contributed by atoms with Crippen LogP contribution in [-0.2, 0) is 4.74 Å². The van der Waals surface area contributed by atoms with Gasteiger partial charge in [-0.05, 0) is 30.3 Å². The molecule has 0 bridgehead atoms. The lowest BCUT2D eigenvalue weighted by Gasteiger charge is -2.06.